The smallest absolute Gasteiger partial charge is 0.236 e. The minimum absolute atomic E-state index is 0.127. The number of carbonyl (C=O) groups is 2. The molecule has 32 heavy (non-hydrogen) atoms. The summed E-state index contributed by atoms with van der Waals surface area (Å²) in [6, 6.07) is 8.90. The van der Waals surface area contributed by atoms with Crippen LogP contribution in [0, 0.1) is 20.8 Å². The average Bonchev–Trinajstić information content (AvgIpc) is 3.28. The van der Waals surface area contributed by atoms with E-state index in [1.165, 1.54) is 0 Å². The van der Waals surface area contributed by atoms with Crippen molar-refractivity contribution >= 4 is 18.2 Å². The van der Waals surface area contributed by atoms with Crippen molar-refractivity contribution in [2.75, 3.05) is 13.2 Å². The minimum atomic E-state index is -4.00. The Kier molecular flexibility index (Phi) is 7.61. The zero-order valence-electron chi connectivity index (χ0n) is 19.7. The standard InChI is InChI=1S/C26H33O5P/c1-6-30-21-13-10-14-22(31-7-2)24(21)26(28)32(29,20-11-8-9-12-20)25(27)23-18(4)15-17(3)16-19(23)5/h10,13-16,20H,6-9,11-12H2,1-5H3. The van der Waals surface area contributed by atoms with Crippen LogP contribution in [0.25, 0.3) is 0 Å². The first-order valence-electron chi connectivity index (χ1n) is 11.4. The lowest BCUT2D eigenvalue weighted by Crippen LogP contribution is -2.22. The number of benzene rings is 2. The maximum absolute atomic E-state index is 14.7. The van der Waals surface area contributed by atoms with Crippen LogP contribution in [0.1, 0.15) is 76.9 Å². The summed E-state index contributed by atoms with van der Waals surface area (Å²) in [6.45, 7) is 9.97. The molecule has 5 nitrogen and oxygen atoms in total. The largest absolute Gasteiger partial charge is 0.493 e. The third kappa shape index (κ3) is 4.41. The molecule has 2 aromatic carbocycles. The number of aryl methyl sites for hydroxylation is 3. The lowest BCUT2D eigenvalue weighted by Gasteiger charge is -2.25. The van der Waals surface area contributed by atoms with Crippen molar-refractivity contribution in [2.24, 2.45) is 0 Å². The van der Waals surface area contributed by atoms with Gasteiger partial charge < -0.3 is 14.0 Å². The van der Waals surface area contributed by atoms with E-state index in [9.17, 15) is 14.2 Å². The fraction of sp³-hybridized carbons (Fsp3) is 0.462. The van der Waals surface area contributed by atoms with Gasteiger partial charge in [-0.2, -0.15) is 0 Å². The second-order valence-corrected chi connectivity index (χ2v) is 11.3. The van der Waals surface area contributed by atoms with Gasteiger partial charge >= 0.3 is 0 Å². The van der Waals surface area contributed by atoms with E-state index < -0.39 is 23.8 Å². The van der Waals surface area contributed by atoms with Crippen molar-refractivity contribution in [1.29, 1.82) is 0 Å². The first-order valence-corrected chi connectivity index (χ1v) is 13.2. The molecule has 1 atom stereocenters. The van der Waals surface area contributed by atoms with Crippen LogP contribution < -0.4 is 9.47 Å². The molecule has 0 aromatic heterocycles. The van der Waals surface area contributed by atoms with E-state index in [0.29, 0.717) is 43.1 Å². The van der Waals surface area contributed by atoms with Gasteiger partial charge in [-0.25, -0.2) is 0 Å². The van der Waals surface area contributed by atoms with Crippen LogP contribution in [-0.2, 0) is 4.57 Å². The van der Waals surface area contributed by atoms with Gasteiger partial charge in [-0.3, -0.25) is 9.59 Å². The summed E-state index contributed by atoms with van der Waals surface area (Å²) in [5.74, 6) is 0.624. The number of hydrogen-bond acceptors (Lipinski definition) is 5. The third-order valence-electron chi connectivity index (χ3n) is 6.13. The summed E-state index contributed by atoms with van der Waals surface area (Å²) >= 11 is 0. The molecule has 0 aliphatic heterocycles. The molecule has 0 bridgehead atoms. The highest BCUT2D eigenvalue weighted by atomic mass is 31.2. The molecule has 1 aliphatic carbocycles. The van der Waals surface area contributed by atoms with Crippen LogP contribution >= 0.6 is 7.14 Å². The van der Waals surface area contributed by atoms with Gasteiger partial charge in [0.05, 0.1) is 13.2 Å². The number of hydrogen-bond donors (Lipinski definition) is 0. The SMILES string of the molecule is CCOc1cccc(OCC)c1C(=O)P(=O)(C(=O)c1c(C)cc(C)cc1C)C1CCCC1. The molecule has 0 radical (unpaired) electrons. The number of ether oxygens (including phenoxy) is 2. The topological polar surface area (TPSA) is 69.7 Å². The summed E-state index contributed by atoms with van der Waals surface area (Å²) in [5, 5.41) is 0. The van der Waals surface area contributed by atoms with E-state index in [-0.39, 0.29) is 5.56 Å². The number of carbonyl (C=O) groups excluding carboxylic acids is 2. The zero-order valence-corrected chi connectivity index (χ0v) is 20.6. The fourth-order valence-electron chi connectivity index (χ4n) is 4.81. The molecular weight excluding hydrogens is 423 g/mol. The Morgan fingerprint density at radius 3 is 1.81 bits per heavy atom. The van der Waals surface area contributed by atoms with Crippen LogP contribution in [0.5, 0.6) is 11.5 Å². The summed E-state index contributed by atoms with van der Waals surface area (Å²) in [4.78, 5) is 28.1. The van der Waals surface area contributed by atoms with Crippen molar-refractivity contribution in [3.8, 4) is 11.5 Å². The molecule has 1 saturated carbocycles. The Morgan fingerprint density at radius 1 is 0.875 bits per heavy atom. The van der Waals surface area contributed by atoms with Crippen LogP contribution in [-0.4, -0.2) is 29.9 Å². The highest BCUT2D eigenvalue weighted by Gasteiger charge is 2.50. The average molecular weight is 457 g/mol. The Bertz CT molecular complexity index is 1020. The Morgan fingerprint density at radius 2 is 1.34 bits per heavy atom. The van der Waals surface area contributed by atoms with E-state index in [2.05, 4.69) is 0 Å². The molecule has 2 aromatic rings. The van der Waals surface area contributed by atoms with E-state index >= 15 is 0 Å². The molecule has 3 rings (SSSR count). The molecular formula is C26H33O5P. The zero-order chi connectivity index (χ0) is 23.5. The molecule has 0 amide bonds. The van der Waals surface area contributed by atoms with Crippen LogP contribution in [0.4, 0.5) is 0 Å². The molecule has 0 N–H and O–H groups in total. The van der Waals surface area contributed by atoms with Gasteiger partial charge in [0, 0.05) is 11.2 Å². The molecule has 1 aliphatic rings. The van der Waals surface area contributed by atoms with Gasteiger partial charge in [0.1, 0.15) is 17.1 Å². The van der Waals surface area contributed by atoms with E-state index in [1.54, 1.807) is 18.2 Å². The first kappa shape index (κ1) is 24.3. The molecule has 0 heterocycles. The molecule has 0 saturated heterocycles. The molecule has 0 spiro atoms. The molecule has 1 unspecified atom stereocenters. The predicted octanol–water partition coefficient (Wildman–Crippen LogP) is 6.70. The van der Waals surface area contributed by atoms with Gasteiger partial charge in [0.15, 0.2) is 0 Å². The van der Waals surface area contributed by atoms with Crippen molar-refractivity contribution < 1.29 is 23.6 Å². The second kappa shape index (κ2) is 10.0. The van der Waals surface area contributed by atoms with Crippen LogP contribution in [0.2, 0.25) is 0 Å². The second-order valence-electron chi connectivity index (χ2n) is 8.48. The van der Waals surface area contributed by atoms with Crippen LogP contribution in [0.15, 0.2) is 30.3 Å². The summed E-state index contributed by atoms with van der Waals surface area (Å²) in [5.41, 5.74) is 1.45. The summed E-state index contributed by atoms with van der Waals surface area (Å²) < 4.78 is 26.1. The summed E-state index contributed by atoms with van der Waals surface area (Å²) in [6.07, 6.45) is 2.96. The van der Waals surface area contributed by atoms with E-state index in [0.717, 1.165) is 29.5 Å². The Labute approximate surface area is 190 Å². The minimum Gasteiger partial charge on any atom is -0.493 e. The van der Waals surface area contributed by atoms with Gasteiger partial charge in [0.2, 0.25) is 18.2 Å². The fourth-order valence-corrected chi connectivity index (χ4v) is 7.99. The van der Waals surface area contributed by atoms with Crippen LogP contribution in [0.3, 0.4) is 0 Å². The monoisotopic (exact) mass is 456 g/mol. The Hall–Kier alpha value is -2.39. The molecule has 172 valence electrons. The maximum Gasteiger partial charge on any atom is 0.236 e. The van der Waals surface area contributed by atoms with Crippen molar-refractivity contribution in [1.82, 2.24) is 0 Å². The first-order chi connectivity index (χ1) is 15.2. The highest BCUT2D eigenvalue weighted by Crippen LogP contribution is 2.62. The van der Waals surface area contributed by atoms with Crippen molar-refractivity contribution in [3.05, 3.63) is 58.1 Å². The summed E-state index contributed by atoms with van der Waals surface area (Å²) in [7, 11) is -4.00. The Balaban J connectivity index is 2.23. The molecule has 1 fully saturated rings. The normalized spacial score (nSPS) is 15.9. The lowest BCUT2D eigenvalue weighted by atomic mass is 10.0. The lowest BCUT2D eigenvalue weighted by molar-refractivity contribution is 0.103. The predicted molar refractivity (Wildman–Crippen MR) is 128 cm³/mol. The van der Waals surface area contributed by atoms with E-state index in [4.69, 9.17) is 9.47 Å². The van der Waals surface area contributed by atoms with Gasteiger partial charge in [0.25, 0.3) is 0 Å². The van der Waals surface area contributed by atoms with Gasteiger partial charge in [-0.1, -0.05) is 36.6 Å². The number of rotatable bonds is 9. The van der Waals surface area contributed by atoms with Gasteiger partial charge in [-0.05, 0) is 70.7 Å². The third-order valence-corrected chi connectivity index (χ3v) is 9.33. The van der Waals surface area contributed by atoms with E-state index in [1.807, 2.05) is 46.8 Å². The quantitative estimate of drug-likeness (QED) is 0.393. The maximum atomic E-state index is 14.7. The van der Waals surface area contributed by atoms with Gasteiger partial charge in [-0.15, -0.1) is 0 Å². The van der Waals surface area contributed by atoms with Crippen molar-refractivity contribution in [3.63, 3.8) is 0 Å². The highest BCUT2D eigenvalue weighted by molar-refractivity contribution is 7.96. The van der Waals surface area contributed by atoms with Crippen molar-refractivity contribution in [2.45, 2.75) is 66.0 Å². The molecule has 6 heteroatoms.